The Hall–Kier alpha value is -11.6. The van der Waals surface area contributed by atoms with E-state index in [1.165, 1.54) is 65.7 Å². The molecule has 416 valence electrons. The quantitative estimate of drug-likeness (QED) is 0.0703. The first-order chi connectivity index (χ1) is 43.6. The van der Waals surface area contributed by atoms with Gasteiger partial charge in [-0.1, -0.05) is 303 Å². The van der Waals surface area contributed by atoms with Crippen LogP contribution in [0.4, 0.5) is 34.1 Å². The molecule has 2 nitrogen and oxygen atoms in total. The van der Waals surface area contributed by atoms with Gasteiger partial charge in [-0.2, -0.15) is 0 Å². The monoisotopic (exact) mass is 1120 g/mol. The Labute approximate surface area is 516 Å². The number of anilines is 6. The summed E-state index contributed by atoms with van der Waals surface area (Å²) in [5.74, 6) is 0. The van der Waals surface area contributed by atoms with Crippen LogP contribution in [-0.4, -0.2) is 0 Å². The van der Waals surface area contributed by atoms with E-state index >= 15 is 0 Å². The van der Waals surface area contributed by atoms with E-state index in [1.54, 1.807) is 0 Å². The number of hydrogen-bond donors (Lipinski definition) is 0. The Kier molecular flexibility index (Phi) is 15.6. The number of nitrogens with zero attached hydrogens (tertiary/aromatic N) is 2. The highest BCUT2D eigenvalue weighted by molar-refractivity contribution is 6.23. The molecule has 0 N–H and O–H groups in total. The van der Waals surface area contributed by atoms with Crippen LogP contribution in [0.15, 0.2) is 328 Å². The van der Waals surface area contributed by atoms with Crippen LogP contribution in [0.2, 0.25) is 0 Å². The van der Waals surface area contributed by atoms with Crippen LogP contribution in [-0.2, 0) is 0 Å². The standard InChI is InChI=1S/C86H62N2/c1-5-15-63(16-6-1)25-29-67-33-46-74(47-34-67)87(75-48-35-68(36-49-75)30-26-64-17-7-2-8-18-64)78-54-41-72(42-55-78)81-59-60-82(86-84(81)62-61-83-80-24-14-13-23-71(80)45-58-85(83)86)73-43-56-79(57-44-73)88(76-50-37-69(38-51-76)31-27-65-19-9-3-10-20-65)77-52-39-70(40-53-77)32-28-66-21-11-4-12-22-66/h1-62H. The van der Waals surface area contributed by atoms with E-state index in [4.69, 9.17) is 0 Å². The lowest BCUT2D eigenvalue weighted by molar-refractivity contribution is 1.28. The van der Waals surface area contributed by atoms with Crippen molar-refractivity contribution in [3.8, 4) is 22.3 Å². The lowest BCUT2D eigenvalue weighted by atomic mass is 9.88. The molecular weight excluding hydrogens is 1060 g/mol. The van der Waals surface area contributed by atoms with Crippen molar-refractivity contribution >= 4 is 115 Å². The van der Waals surface area contributed by atoms with Gasteiger partial charge in [0.1, 0.15) is 0 Å². The highest BCUT2D eigenvalue weighted by atomic mass is 15.1. The zero-order valence-electron chi connectivity index (χ0n) is 48.7. The number of hydrogen-bond acceptors (Lipinski definition) is 2. The Morgan fingerprint density at radius 3 is 0.807 bits per heavy atom. The summed E-state index contributed by atoms with van der Waals surface area (Å²) >= 11 is 0. The normalized spacial score (nSPS) is 11.7. The second-order valence-corrected chi connectivity index (χ2v) is 22.1. The molecule has 88 heavy (non-hydrogen) atoms. The van der Waals surface area contributed by atoms with E-state index in [2.05, 4.69) is 386 Å². The molecule has 2 heteroatoms. The first-order valence-corrected chi connectivity index (χ1v) is 30.1. The first-order valence-electron chi connectivity index (χ1n) is 30.1. The molecule has 0 aliphatic heterocycles. The van der Waals surface area contributed by atoms with Gasteiger partial charge >= 0.3 is 0 Å². The fourth-order valence-corrected chi connectivity index (χ4v) is 11.9. The van der Waals surface area contributed by atoms with E-state index in [-0.39, 0.29) is 0 Å². The van der Waals surface area contributed by atoms with Crippen LogP contribution in [0.25, 0.3) is 103 Å². The number of fused-ring (bicyclic) bond motifs is 5. The molecule has 0 aliphatic rings. The van der Waals surface area contributed by atoms with Crippen LogP contribution in [0.3, 0.4) is 0 Å². The van der Waals surface area contributed by atoms with Gasteiger partial charge in [-0.3, -0.25) is 0 Å². The second-order valence-electron chi connectivity index (χ2n) is 22.1. The molecule has 14 rings (SSSR count). The van der Waals surface area contributed by atoms with Crippen molar-refractivity contribution < 1.29 is 0 Å². The molecule has 0 unspecified atom stereocenters. The maximum atomic E-state index is 2.35. The zero-order valence-corrected chi connectivity index (χ0v) is 48.7. The van der Waals surface area contributed by atoms with Crippen LogP contribution in [0, 0.1) is 0 Å². The molecule has 0 spiro atoms. The minimum atomic E-state index is 1.07. The van der Waals surface area contributed by atoms with Gasteiger partial charge in [0.15, 0.2) is 0 Å². The predicted octanol–water partition coefficient (Wildman–Crippen LogP) is 24.1. The van der Waals surface area contributed by atoms with E-state index in [0.717, 1.165) is 67.5 Å². The zero-order chi connectivity index (χ0) is 58.9. The number of rotatable bonds is 16. The molecule has 0 heterocycles. The van der Waals surface area contributed by atoms with Crippen molar-refractivity contribution in [3.05, 3.63) is 372 Å². The summed E-state index contributed by atoms with van der Waals surface area (Å²) in [7, 11) is 0. The predicted molar refractivity (Wildman–Crippen MR) is 381 cm³/mol. The molecule has 0 saturated heterocycles. The molecule has 0 fully saturated rings. The molecule has 0 aromatic heterocycles. The Bertz CT molecular complexity index is 4610. The van der Waals surface area contributed by atoms with Gasteiger partial charge in [0.05, 0.1) is 0 Å². The third kappa shape index (κ3) is 12.1. The summed E-state index contributed by atoms with van der Waals surface area (Å²) in [5.41, 5.74) is 20.4. The van der Waals surface area contributed by atoms with Crippen molar-refractivity contribution in [2.45, 2.75) is 0 Å². The van der Waals surface area contributed by atoms with Gasteiger partial charge in [0.2, 0.25) is 0 Å². The van der Waals surface area contributed by atoms with Gasteiger partial charge in [-0.15, -0.1) is 0 Å². The van der Waals surface area contributed by atoms with Crippen molar-refractivity contribution in [3.63, 3.8) is 0 Å². The smallest absolute Gasteiger partial charge is 0.0462 e. The highest BCUT2D eigenvalue weighted by Gasteiger charge is 2.19. The van der Waals surface area contributed by atoms with Crippen molar-refractivity contribution in [2.75, 3.05) is 9.80 Å². The van der Waals surface area contributed by atoms with E-state index in [9.17, 15) is 0 Å². The molecule has 0 radical (unpaired) electrons. The van der Waals surface area contributed by atoms with Crippen molar-refractivity contribution in [1.29, 1.82) is 0 Å². The molecule has 14 aromatic carbocycles. The molecule has 0 saturated carbocycles. The van der Waals surface area contributed by atoms with Gasteiger partial charge < -0.3 is 9.80 Å². The average Bonchev–Trinajstić information content (AvgIpc) is 1.79. The summed E-state index contributed by atoms with van der Waals surface area (Å²) < 4.78 is 0. The summed E-state index contributed by atoms with van der Waals surface area (Å²) in [6, 6.07) is 118. The Balaban J connectivity index is 0.825. The van der Waals surface area contributed by atoms with Crippen LogP contribution < -0.4 is 9.80 Å². The summed E-state index contributed by atoms with van der Waals surface area (Å²) in [5, 5.41) is 7.39. The van der Waals surface area contributed by atoms with Crippen LogP contribution >= 0.6 is 0 Å². The van der Waals surface area contributed by atoms with Gasteiger partial charge in [0.25, 0.3) is 0 Å². The van der Waals surface area contributed by atoms with E-state index in [0.29, 0.717) is 0 Å². The van der Waals surface area contributed by atoms with Crippen molar-refractivity contribution in [1.82, 2.24) is 0 Å². The average molecular weight is 1120 g/mol. The van der Waals surface area contributed by atoms with E-state index in [1.807, 2.05) is 0 Å². The minimum Gasteiger partial charge on any atom is -0.311 e. The van der Waals surface area contributed by atoms with Crippen LogP contribution in [0.5, 0.6) is 0 Å². The Morgan fingerprint density at radius 2 is 0.443 bits per heavy atom. The van der Waals surface area contributed by atoms with Crippen molar-refractivity contribution in [2.24, 2.45) is 0 Å². The third-order valence-corrected chi connectivity index (χ3v) is 16.5. The van der Waals surface area contributed by atoms with Gasteiger partial charge in [-0.05, 0) is 172 Å². The molecular formula is C86H62N2. The largest absolute Gasteiger partial charge is 0.311 e. The third-order valence-electron chi connectivity index (χ3n) is 16.5. The highest BCUT2D eigenvalue weighted by Crippen LogP contribution is 2.44. The maximum Gasteiger partial charge on any atom is 0.0462 e. The van der Waals surface area contributed by atoms with Crippen LogP contribution in [0.1, 0.15) is 44.5 Å². The SMILES string of the molecule is C(=Cc1ccc(N(c2ccc(C=Cc3ccccc3)cc2)c2ccc(-c3ccc(-c4ccc(N(c5ccc(C=Cc6ccccc6)cc5)c5ccc(C=Cc6ccccc6)cc5)cc4)c4c3ccc3c5ccccc5ccc34)cc2)cc1)c1ccccc1. The summed E-state index contributed by atoms with van der Waals surface area (Å²) in [4.78, 5) is 4.70. The molecule has 0 amide bonds. The molecule has 14 aromatic rings. The summed E-state index contributed by atoms with van der Waals surface area (Å²) in [6.07, 6.45) is 17.4. The van der Waals surface area contributed by atoms with Gasteiger partial charge in [-0.25, -0.2) is 0 Å². The second kappa shape index (κ2) is 25.3. The lowest BCUT2D eigenvalue weighted by Gasteiger charge is -2.26. The van der Waals surface area contributed by atoms with E-state index < -0.39 is 0 Å². The lowest BCUT2D eigenvalue weighted by Crippen LogP contribution is -2.09. The maximum absolute atomic E-state index is 2.35. The number of benzene rings is 14. The topological polar surface area (TPSA) is 6.48 Å². The van der Waals surface area contributed by atoms with Gasteiger partial charge in [0, 0.05) is 34.1 Å². The molecule has 0 aliphatic carbocycles. The fourth-order valence-electron chi connectivity index (χ4n) is 11.9. The molecule has 0 atom stereocenters. The summed E-state index contributed by atoms with van der Waals surface area (Å²) in [6.45, 7) is 0. The Morgan fingerprint density at radius 1 is 0.170 bits per heavy atom. The molecule has 0 bridgehead atoms. The first kappa shape index (κ1) is 54.4. The minimum absolute atomic E-state index is 1.07. The fraction of sp³-hybridized carbons (Fsp3) is 0.